The lowest BCUT2D eigenvalue weighted by Crippen LogP contribution is -2.47. The van der Waals surface area contributed by atoms with E-state index in [1.165, 1.54) is 4.90 Å². The molecule has 0 saturated carbocycles. The first-order chi connectivity index (χ1) is 7.93. The van der Waals surface area contributed by atoms with Crippen LogP contribution in [0.5, 0.6) is 0 Å². The highest BCUT2D eigenvalue weighted by atomic mass is 16.4. The van der Waals surface area contributed by atoms with Gasteiger partial charge in [-0.2, -0.15) is 0 Å². The van der Waals surface area contributed by atoms with Crippen molar-refractivity contribution < 1.29 is 14.7 Å². The van der Waals surface area contributed by atoms with Crippen LogP contribution in [0.1, 0.15) is 33.6 Å². The minimum atomic E-state index is -0.908. The molecular weight excluding hydrogens is 220 g/mol. The second-order valence-electron chi connectivity index (χ2n) is 5.16. The number of hydrogen-bond acceptors (Lipinski definition) is 2. The van der Waals surface area contributed by atoms with E-state index < -0.39 is 12.0 Å². The van der Waals surface area contributed by atoms with Crippen LogP contribution in [-0.2, 0) is 4.79 Å². The lowest BCUT2D eigenvalue weighted by atomic mass is 10.0. The van der Waals surface area contributed by atoms with E-state index in [0.717, 1.165) is 12.8 Å². The topological polar surface area (TPSA) is 69.6 Å². The Morgan fingerprint density at radius 2 is 2.12 bits per heavy atom. The second-order valence-corrected chi connectivity index (χ2v) is 5.16. The van der Waals surface area contributed by atoms with Crippen LogP contribution in [0.15, 0.2) is 0 Å². The molecule has 5 heteroatoms. The highest BCUT2D eigenvalue weighted by Crippen LogP contribution is 2.23. The number of nitrogens with one attached hydrogen (secondary N) is 1. The van der Waals surface area contributed by atoms with Gasteiger partial charge in [-0.1, -0.05) is 20.8 Å². The van der Waals surface area contributed by atoms with E-state index in [0.29, 0.717) is 19.0 Å². The molecule has 0 aromatic rings. The molecule has 1 aliphatic heterocycles. The number of carbonyl (C=O) groups excluding carboxylic acids is 1. The highest BCUT2D eigenvalue weighted by Gasteiger charge is 2.39. The van der Waals surface area contributed by atoms with Crippen molar-refractivity contribution in [2.24, 2.45) is 11.8 Å². The van der Waals surface area contributed by atoms with Crippen molar-refractivity contribution in [3.63, 3.8) is 0 Å². The summed E-state index contributed by atoms with van der Waals surface area (Å²) in [6.07, 6.45) is 1.67. The lowest BCUT2D eigenvalue weighted by Gasteiger charge is -2.23. The number of carbonyl (C=O) groups is 2. The van der Waals surface area contributed by atoms with Crippen molar-refractivity contribution in [1.82, 2.24) is 10.2 Å². The summed E-state index contributed by atoms with van der Waals surface area (Å²) in [5.74, 6) is -0.347. The van der Waals surface area contributed by atoms with Crippen molar-refractivity contribution in [2.75, 3.05) is 13.1 Å². The molecule has 1 fully saturated rings. The Labute approximate surface area is 102 Å². The maximum Gasteiger partial charge on any atom is 0.326 e. The summed E-state index contributed by atoms with van der Waals surface area (Å²) < 4.78 is 0. The number of hydrogen-bond donors (Lipinski definition) is 2. The van der Waals surface area contributed by atoms with Crippen LogP contribution in [0.4, 0.5) is 4.79 Å². The van der Waals surface area contributed by atoms with E-state index in [1.807, 2.05) is 6.92 Å². The molecule has 0 radical (unpaired) electrons. The Balaban J connectivity index is 2.48. The monoisotopic (exact) mass is 242 g/mol. The Hall–Kier alpha value is -1.26. The molecule has 2 N–H and O–H groups in total. The number of carboxylic acid groups (broad SMARTS) is 1. The lowest BCUT2D eigenvalue weighted by molar-refractivity contribution is -0.142. The maximum atomic E-state index is 11.8. The second kappa shape index (κ2) is 5.89. The van der Waals surface area contributed by atoms with E-state index >= 15 is 0 Å². The number of aliphatic carboxylic acids is 1. The number of likely N-dealkylation sites (tertiary alicyclic amines) is 1. The first kappa shape index (κ1) is 13.8. The fourth-order valence-electron chi connectivity index (χ4n) is 2.12. The van der Waals surface area contributed by atoms with Crippen molar-refractivity contribution in [1.29, 1.82) is 0 Å². The van der Waals surface area contributed by atoms with E-state index in [2.05, 4.69) is 19.2 Å². The molecule has 17 heavy (non-hydrogen) atoms. The zero-order valence-electron chi connectivity index (χ0n) is 10.8. The predicted octanol–water partition coefficient (Wildman–Crippen LogP) is 1.54. The molecule has 1 saturated heterocycles. The summed E-state index contributed by atoms with van der Waals surface area (Å²) in [5, 5.41) is 11.9. The van der Waals surface area contributed by atoms with Gasteiger partial charge in [-0.15, -0.1) is 0 Å². The van der Waals surface area contributed by atoms with Crippen LogP contribution in [0.2, 0.25) is 0 Å². The van der Waals surface area contributed by atoms with E-state index in [-0.39, 0.29) is 11.9 Å². The molecule has 98 valence electrons. The maximum absolute atomic E-state index is 11.8. The summed E-state index contributed by atoms with van der Waals surface area (Å²) in [7, 11) is 0. The van der Waals surface area contributed by atoms with Gasteiger partial charge in [0.15, 0.2) is 0 Å². The minimum Gasteiger partial charge on any atom is -0.480 e. The Bertz CT molecular complexity index is 291. The standard InChI is InChI=1S/C12H22N2O3/c1-8(2)4-6-13-12(17)14-7-5-9(3)10(14)11(15)16/h8-10H,4-7H2,1-3H3,(H,13,17)(H,15,16). The summed E-state index contributed by atoms with van der Waals surface area (Å²) in [4.78, 5) is 24.4. The van der Waals surface area contributed by atoms with Crippen molar-refractivity contribution >= 4 is 12.0 Å². The van der Waals surface area contributed by atoms with Gasteiger partial charge < -0.3 is 15.3 Å². The number of urea groups is 1. The third-order valence-corrected chi connectivity index (χ3v) is 3.21. The SMILES string of the molecule is CC(C)CCNC(=O)N1CCC(C)C1C(=O)O. The molecule has 2 atom stereocenters. The first-order valence-electron chi connectivity index (χ1n) is 6.20. The van der Waals surface area contributed by atoms with Crippen LogP contribution in [0, 0.1) is 11.8 Å². The minimum absolute atomic E-state index is 0.0309. The van der Waals surface area contributed by atoms with Gasteiger partial charge in [0.25, 0.3) is 0 Å². The normalized spacial score (nSPS) is 24.1. The quantitative estimate of drug-likeness (QED) is 0.785. The molecule has 1 aliphatic rings. The smallest absolute Gasteiger partial charge is 0.326 e. The average molecular weight is 242 g/mol. The van der Waals surface area contributed by atoms with Gasteiger partial charge in [0.2, 0.25) is 0 Å². The third-order valence-electron chi connectivity index (χ3n) is 3.21. The molecule has 5 nitrogen and oxygen atoms in total. The van der Waals surface area contributed by atoms with Crippen LogP contribution in [0.25, 0.3) is 0 Å². The summed E-state index contributed by atoms with van der Waals surface area (Å²) >= 11 is 0. The Morgan fingerprint density at radius 3 is 2.65 bits per heavy atom. The summed E-state index contributed by atoms with van der Waals surface area (Å²) in [6, 6.07) is -0.920. The van der Waals surface area contributed by atoms with Crippen molar-refractivity contribution in [3.8, 4) is 0 Å². The summed E-state index contributed by atoms with van der Waals surface area (Å²) in [6.45, 7) is 7.19. The Kier molecular flexibility index (Phi) is 4.78. The molecule has 1 rings (SSSR count). The first-order valence-corrected chi connectivity index (χ1v) is 6.20. The summed E-state index contributed by atoms with van der Waals surface area (Å²) in [5.41, 5.74) is 0. The van der Waals surface area contributed by atoms with Gasteiger partial charge in [-0.3, -0.25) is 0 Å². The van der Waals surface area contributed by atoms with E-state index in [9.17, 15) is 9.59 Å². The van der Waals surface area contributed by atoms with E-state index in [4.69, 9.17) is 5.11 Å². The fourth-order valence-corrected chi connectivity index (χ4v) is 2.12. The van der Waals surface area contributed by atoms with Crippen molar-refractivity contribution in [2.45, 2.75) is 39.7 Å². The van der Waals surface area contributed by atoms with Gasteiger partial charge in [-0.25, -0.2) is 9.59 Å². The number of carboxylic acids is 1. The van der Waals surface area contributed by atoms with Crippen LogP contribution >= 0.6 is 0 Å². The average Bonchev–Trinajstić information content (AvgIpc) is 2.59. The van der Waals surface area contributed by atoms with Crippen LogP contribution in [0.3, 0.4) is 0 Å². The molecule has 2 amide bonds. The fraction of sp³-hybridized carbons (Fsp3) is 0.833. The molecular formula is C12H22N2O3. The largest absolute Gasteiger partial charge is 0.480 e. The van der Waals surface area contributed by atoms with Gasteiger partial charge >= 0.3 is 12.0 Å². The van der Waals surface area contributed by atoms with E-state index in [1.54, 1.807) is 0 Å². The zero-order valence-corrected chi connectivity index (χ0v) is 10.8. The third kappa shape index (κ3) is 3.61. The Morgan fingerprint density at radius 1 is 1.47 bits per heavy atom. The number of amides is 2. The zero-order chi connectivity index (χ0) is 13.0. The van der Waals surface area contributed by atoms with Gasteiger partial charge in [0.1, 0.15) is 6.04 Å². The number of rotatable bonds is 4. The van der Waals surface area contributed by atoms with Gasteiger partial charge in [0.05, 0.1) is 0 Å². The number of nitrogens with zero attached hydrogens (tertiary/aromatic N) is 1. The molecule has 1 heterocycles. The van der Waals surface area contributed by atoms with Gasteiger partial charge in [-0.05, 0) is 24.7 Å². The van der Waals surface area contributed by atoms with Crippen molar-refractivity contribution in [3.05, 3.63) is 0 Å². The molecule has 0 aromatic carbocycles. The molecule has 0 aliphatic carbocycles. The predicted molar refractivity (Wildman–Crippen MR) is 64.8 cm³/mol. The molecule has 2 unspecified atom stereocenters. The van der Waals surface area contributed by atoms with Gasteiger partial charge in [0, 0.05) is 13.1 Å². The molecule has 0 bridgehead atoms. The van der Waals surface area contributed by atoms with Crippen LogP contribution in [-0.4, -0.2) is 41.1 Å². The molecule has 0 spiro atoms. The van der Waals surface area contributed by atoms with Crippen LogP contribution < -0.4 is 5.32 Å². The highest BCUT2D eigenvalue weighted by molar-refractivity contribution is 5.83. The molecule has 0 aromatic heterocycles.